The molecule has 1 fully saturated rings. The molecular formula is C14H20N2O2. The topological polar surface area (TPSA) is 43.8 Å². The van der Waals surface area contributed by atoms with Gasteiger partial charge in [-0.15, -0.1) is 0 Å². The molecule has 1 aromatic rings. The third kappa shape index (κ3) is 2.71. The molecule has 1 aliphatic heterocycles. The first kappa shape index (κ1) is 13.1. The average molecular weight is 248 g/mol. The zero-order valence-electron chi connectivity index (χ0n) is 10.9. The Bertz CT molecular complexity index is 406. The van der Waals surface area contributed by atoms with Crippen molar-refractivity contribution >= 4 is 5.91 Å². The van der Waals surface area contributed by atoms with Gasteiger partial charge in [-0.1, -0.05) is 30.3 Å². The van der Waals surface area contributed by atoms with Crippen molar-refractivity contribution in [2.45, 2.75) is 18.6 Å². The second kappa shape index (κ2) is 5.50. The Kier molecular flexibility index (Phi) is 3.99. The van der Waals surface area contributed by atoms with Gasteiger partial charge in [0, 0.05) is 27.2 Å². The van der Waals surface area contributed by atoms with E-state index >= 15 is 0 Å². The van der Waals surface area contributed by atoms with E-state index in [1.54, 1.807) is 19.0 Å². The van der Waals surface area contributed by atoms with E-state index in [9.17, 15) is 9.90 Å². The van der Waals surface area contributed by atoms with Gasteiger partial charge in [0.15, 0.2) is 0 Å². The molecule has 1 aliphatic rings. The summed E-state index contributed by atoms with van der Waals surface area (Å²) in [5, 5.41) is 9.65. The number of aliphatic hydroxyl groups is 1. The summed E-state index contributed by atoms with van der Waals surface area (Å²) in [7, 11) is 3.54. The fraction of sp³-hybridized carbons (Fsp3) is 0.500. The number of hydrogen-bond donors (Lipinski definition) is 1. The molecule has 98 valence electrons. The summed E-state index contributed by atoms with van der Waals surface area (Å²) in [5.74, 6) is 0.0651. The molecule has 1 unspecified atom stereocenters. The highest BCUT2D eigenvalue weighted by Crippen LogP contribution is 2.26. The quantitative estimate of drug-likeness (QED) is 0.863. The zero-order chi connectivity index (χ0) is 13.1. The van der Waals surface area contributed by atoms with E-state index < -0.39 is 0 Å². The van der Waals surface area contributed by atoms with Crippen molar-refractivity contribution in [1.82, 2.24) is 9.80 Å². The highest BCUT2D eigenvalue weighted by atomic mass is 16.3. The number of amides is 1. The molecule has 1 amide bonds. The predicted octanol–water partition coefficient (Wildman–Crippen LogP) is 0.883. The van der Waals surface area contributed by atoms with Gasteiger partial charge in [-0.05, 0) is 12.0 Å². The Morgan fingerprint density at radius 2 is 2.06 bits per heavy atom. The molecule has 0 bridgehead atoms. The number of nitrogens with zero attached hydrogens (tertiary/aromatic N) is 2. The molecule has 18 heavy (non-hydrogen) atoms. The minimum Gasteiger partial charge on any atom is -0.392 e. The molecule has 2 rings (SSSR count). The van der Waals surface area contributed by atoms with E-state index in [0.717, 1.165) is 18.5 Å². The van der Waals surface area contributed by atoms with Gasteiger partial charge in [0.2, 0.25) is 5.91 Å². The summed E-state index contributed by atoms with van der Waals surface area (Å²) >= 11 is 0. The molecular weight excluding hydrogens is 228 g/mol. The average Bonchev–Trinajstić information content (AvgIpc) is 2.77. The van der Waals surface area contributed by atoms with Crippen molar-refractivity contribution in [3.63, 3.8) is 0 Å². The Balaban J connectivity index is 2.26. The minimum absolute atomic E-state index is 0.0651. The fourth-order valence-corrected chi connectivity index (χ4v) is 2.39. The molecule has 4 heteroatoms. The van der Waals surface area contributed by atoms with Crippen LogP contribution in [0.1, 0.15) is 18.0 Å². The Morgan fingerprint density at radius 1 is 1.39 bits per heavy atom. The van der Waals surface area contributed by atoms with Crippen LogP contribution in [0.25, 0.3) is 0 Å². The van der Waals surface area contributed by atoms with E-state index in [4.69, 9.17) is 0 Å². The van der Waals surface area contributed by atoms with Gasteiger partial charge in [-0.3, -0.25) is 9.69 Å². The van der Waals surface area contributed by atoms with Gasteiger partial charge in [0.25, 0.3) is 0 Å². The van der Waals surface area contributed by atoms with Gasteiger partial charge >= 0.3 is 0 Å². The normalized spacial score (nSPS) is 21.8. The van der Waals surface area contributed by atoms with Crippen molar-refractivity contribution < 1.29 is 9.90 Å². The monoisotopic (exact) mass is 248 g/mol. The number of likely N-dealkylation sites (N-methyl/N-ethyl adjacent to an activating group) is 1. The Labute approximate surface area is 108 Å². The van der Waals surface area contributed by atoms with E-state index in [2.05, 4.69) is 4.90 Å². The van der Waals surface area contributed by atoms with Crippen molar-refractivity contribution in [2.75, 3.05) is 27.2 Å². The van der Waals surface area contributed by atoms with Crippen molar-refractivity contribution in [2.24, 2.45) is 0 Å². The van der Waals surface area contributed by atoms with Gasteiger partial charge in [-0.25, -0.2) is 0 Å². The number of aliphatic hydroxyl groups excluding tert-OH is 1. The number of carbonyl (C=O) groups excluding carboxylic acids is 1. The number of rotatable bonds is 3. The van der Waals surface area contributed by atoms with E-state index in [1.165, 1.54) is 0 Å². The molecule has 0 saturated carbocycles. The van der Waals surface area contributed by atoms with Crippen LogP contribution >= 0.6 is 0 Å². The number of benzene rings is 1. The number of β-amino-alcohol motifs (C(OH)–C–C–N with tert-alkyl or cyclic N) is 1. The first-order chi connectivity index (χ1) is 8.59. The minimum atomic E-state index is -0.314. The van der Waals surface area contributed by atoms with Crippen LogP contribution in [0.2, 0.25) is 0 Å². The third-order valence-electron chi connectivity index (χ3n) is 3.35. The van der Waals surface area contributed by atoms with Crippen LogP contribution in [-0.2, 0) is 4.79 Å². The lowest BCUT2D eigenvalue weighted by molar-refractivity contribution is -0.134. The zero-order valence-corrected chi connectivity index (χ0v) is 10.9. The van der Waals surface area contributed by atoms with Crippen LogP contribution in [-0.4, -0.2) is 54.1 Å². The molecule has 1 heterocycles. The van der Waals surface area contributed by atoms with Gasteiger partial charge in [0.1, 0.15) is 6.04 Å². The maximum atomic E-state index is 12.3. The molecule has 0 aromatic heterocycles. The lowest BCUT2D eigenvalue weighted by Crippen LogP contribution is -2.39. The molecule has 0 aliphatic carbocycles. The fourth-order valence-electron chi connectivity index (χ4n) is 2.39. The molecule has 0 spiro atoms. The molecule has 2 atom stereocenters. The summed E-state index contributed by atoms with van der Waals surface area (Å²) in [6.45, 7) is 1.33. The van der Waals surface area contributed by atoms with E-state index in [-0.39, 0.29) is 18.1 Å². The maximum absolute atomic E-state index is 12.3. The van der Waals surface area contributed by atoms with Crippen LogP contribution in [0.3, 0.4) is 0 Å². The summed E-state index contributed by atoms with van der Waals surface area (Å²) in [4.78, 5) is 16.0. The van der Waals surface area contributed by atoms with Gasteiger partial charge < -0.3 is 10.0 Å². The van der Waals surface area contributed by atoms with Gasteiger partial charge in [0.05, 0.1) is 6.10 Å². The van der Waals surface area contributed by atoms with Crippen molar-refractivity contribution in [3.8, 4) is 0 Å². The molecule has 1 aromatic carbocycles. The lowest BCUT2D eigenvalue weighted by atomic mass is 10.0. The smallest absolute Gasteiger partial charge is 0.244 e. The van der Waals surface area contributed by atoms with Crippen molar-refractivity contribution in [3.05, 3.63) is 35.9 Å². The third-order valence-corrected chi connectivity index (χ3v) is 3.35. The first-order valence-corrected chi connectivity index (χ1v) is 6.28. The largest absolute Gasteiger partial charge is 0.392 e. The van der Waals surface area contributed by atoms with Gasteiger partial charge in [-0.2, -0.15) is 0 Å². The number of likely N-dealkylation sites (tertiary alicyclic amines) is 1. The highest BCUT2D eigenvalue weighted by molar-refractivity contribution is 5.82. The van der Waals surface area contributed by atoms with Crippen molar-refractivity contribution in [1.29, 1.82) is 0 Å². The SMILES string of the molecule is CN(C)C(=O)C(c1ccccc1)N1CC[C@H](O)C1. The summed E-state index contributed by atoms with van der Waals surface area (Å²) in [5.41, 5.74) is 0.991. The van der Waals surface area contributed by atoms with Crippen LogP contribution < -0.4 is 0 Å². The number of hydrogen-bond acceptors (Lipinski definition) is 3. The summed E-state index contributed by atoms with van der Waals surface area (Å²) in [6, 6.07) is 9.49. The predicted molar refractivity (Wildman–Crippen MR) is 70.1 cm³/mol. The van der Waals surface area contributed by atoms with E-state index in [1.807, 2.05) is 30.3 Å². The summed E-state index contributed by atoms with van der Waals surface area (Å²) in [6.07, 6.45) is 0.426. The van der Waals surface area contributed by atoms with Crippen LogP contribution in [0.5, 0.6) is 0 Å². The standard InChI is InChI=1S/C14H20N2O2/c1-15(2)14(18)13(11-6-4-3-5-7-11)16-9-8-12(17)10-16/h3-7,12-13,17H,8-10H2,1-2H3/t12-,13?/m0/s1. The number of carbonyl (C=O) groups is 1. The molecule has 0 radical (unpaired) electrons. The molecule has 1 saturated heterocycles. The van der Waals surface area contributed by atoms with Crippen LogP contribution in [0.15, 0.2) is 30.3 Å². The van der Waals surface area contributed by atoms with Crippen LogP contribution in [0, 0.1) is 0 Å². The van der Waals surface area contributed by atoms with E-state index in [0.29, 0.717) is 6.54 Å². The maximum Gasteiger partial charge on any atom is 0.244 e. The Hall–Kier alpha value is -1.39. The Morgan fingerprint density at radius 3 is 2.56 bits per heavy atom. The highest BCUT2D eigenvalue weighted by Gasteiger charge is 2.33. The molecule has 1 N–H and O–H groups in total. The summed E-state index contributed by atoms with van der Waals surface area (Å²) < 4.78 is 0. The second-order valence-electron chi connectivity index (χ2n) is 4.98. The lowest BCUT2D eigenvalue weighted by Gasteiger charge is -2.29. The molecule has 4 nitrogen and oxygen atoms in total. The van der Waals surface area contributed by atoms with Crippen LogP contribution in [0.4, 0.5) is 0 Å². The first-order valence-electron chi connectivity index (χ1n) is 6.28. The second-order valence-corrected chi connectivity index (χ2v) is 4.98.